The molecule has 242 valence electrons. The molecule has 10 rings (SSSR count). The average molecular weight is 656 g/mol. The summed E-state index contributed by atoms with van der Waals surface area (Å²) in [6.07, 6.45) is 11.3. The molecule has 1 aliphatic heterocycles. The molecule has 5 aromatic carbocycles. The second-order valence-electron chi connectivity index (χ2n) is 13.5. The number of hydrogen-bond donors (Lipinski definition) is 0. The van der Waals surface area contributed by atoms with Crippen molar-refractivity contribution in [2.45, 2.75) is 18.9 Å². The van der Waals surface area contributed by atoms with Gasteiger partial charge in [0, 0.05) is 51.7 Å². The Morgan fingerprint density at radius 3 is 2.12 bits per heavy atom. The van der Waals surface area contributed by atoms with Gasteiger partial charge in [-0.25, -0.2) is 9.97 Å². The maximum atomic E-state index is 4.97. The molecule has 2 aliphatic rings. The largest absolute Gasteiger partial charge is 0.309 e. The molecular weight excluding hydrogens is 623 g/mol. The number of aromatic nitrogens is 4. The summed E-state index contributed by atoms with van der Waals surface area (Å²) in [4.78, 5) is 16.8. The van der Waals surface area contributed by atoms with Crippen molar-refractivity contribution in [2.75, 3.05) is 4.90 Å². The number of rotatable bonds is 5. The molecule has 0 N–H and O–H groups in total. The molecule has 0 saturated heterocycles. The summed E-state index contributed by atoms with van der Waals surface area (Å²) in [5.74, 6) is 0.703. The van der Waals surface area contributed by atoms with Gasteiger partial charge in [-0.3, -0.25) is 9.88 Å². The van der Waals surface area contributed by atoms with E-state index in [0.29, 0.717) is 5.95 Å². The molecule has 3 aromatic heterocycles. The SMILES string of the molecule is CC12CC=C(c3ccc4c(c3)c3ccccc3n4-c3ccccc3)C=C1c1ccccc1N2c1ncc(-c2ccc(-c3ccccn3)cc2)cn1. The van der Waals surface area contributed by atoms with Crippen LogP contribution in [0.4, 0.5) is 11.6 Å². The van der Waals surface area contributed by atoms with Crippen LogP contribution in [-0.2, 0) is 0 Å². The number of allylic oxidation sites excluding steroid dienone is 2. The predicted octanol–water partition coefficient (Wildman–Crippen LogP) is 11.1. The van der Waals surface area contributed by atoms with Crippen LogP contribution in [0.15, 0.2) is 170 Å². The lowest BCUT2D eigenvalue weighted by molar-refractivity contribution is 0.597. The van der Waals surface area contributed by atoms with Crippen LogP contribution in [0.2, 0.25) is 0 Å². The third-order valence-corrected chi connectivity index (χ3v) is 10.6. The zero-order valence-electron chi connectivity index (χ0n) is 28.1. The molecule has 1 unspecified atom stereocenters. The first-order valence-electron chi connectivity index (χ1n) is 17.4. The van der Waals surface area contributed by atoms with E-state index in [9.17, 15) is 0 Å². The molecule has 0 bridgehead atoms. The smallest absolute Gasteiger partial charge is 0.230 e. The molecule has 0 amide bonds. The number of nitrogens with zero attached hydrogens (tertiary/aromatic N) is 5. The number of hydrogen-bond acceptors (Lipinski definition) is 4. The van der Waals surface area contributed by atoms with Crippen LogP contribution in [0.1, 0.15) is 24.5 Å². The number of fused-ring (bicyclic) bond motifs is 6. The lowest BCUT2D eigenvalue weighted by atomic mass is 9.80. The molecule has 0 radical (unpaired) electrons. The van der Waals surface area contributed by atoms with Crippen LogP contribution in [-0.4, -0.2) is 25.1 Å². The van der Waals surface area contributed by atoms with Gasteiger partial charge in [0.15, 0.2) is 0 Å². The van der Waals surface area contributed by atoms with Crippen molar-refractivity contribution in [1.29, 1.82) is 0 Å². The molecule has 5 nitrogen and oxygen atoms in total. The molecule has 5 heteroatoms. The lowest BCUT2D eigenvalue weighted by Gasteiger charge is -2.38. The second kappa shape index (κ2) is 11.5. The zero-order valence-corrected chi connectivity index (χ0v) is 28.1. The molecule has 51 heavy (non-hydrogen) atoms. The summed E-state index contributed by atoms with van der Waals surface area (Å²) >= 11 is 0. The Balaban J connectivity index is 1.00. The van der Waals surface area contributed by atoms with E-state index < -0.39 is 0 Å². The first kappa shape index (κ1) is 29.3. The maximum Gasteiger partial charge on any atom is 0.230 e. The van der Waals surface area contributed by atoms with Crippen LogP contribution in [0.5, 0.6) is 0 Å². The summed E-state index contributed by atoms with van der Waals surface area (Å²) in [6, 6.07) is 49.3. The van der Waals surface area contributed by atoms with Crippen LogP contribution in [0.3, 0.4) is 0 Å². The van der Waals surface area contributed by atoms with Crippen molar-refractivity contribution < 1.29 is 0 Å². The molecule has 0 fully saturated rings. The van der Waals surface area contributed by atoms with E-state index in [1.54, 1.807) is 0 Å². The highest BCUT2D eigenvalue weighted by atomic mass is 15.3. The van der Waals surface area contributed by atoms with Gasteiger partial charge < -0.3 is 4.57 Å². The van der Waals surface area contributed by atoms with Crippen LogP contribution in [0, 0.1) is 0 Å². The normalized spacial score (nSPS) is 16.5. The minimum Gasteiger partial charge on any atom is -0.309 e. The van der Waals surface area contributed by atoms with Crippen molar-refractivity contribution in [3.05, 3.63) is 181 Å². The Bertz CT molecular complexity index is 2650. The topological polar surface area (TPSA) is 46.8 Å². The van der Waals surface area contributed by atoms with Crippen LogP contribution < -0.4 is 4.90 Å². The molecule has 4 heterocycles. The van der Waals surface area contributed by atoms with Gasteiger partial charge in [-0.2, -0.15) is 0 Å². The molecular formula is C46H33N5. The minimum absolute atomic E-state index is 0.327. The Morgan fingerprint density at radius 2 is 1.29 bits per heavy atom. The second-order valence-corrected chi connectivity index (χ2v) is 13.5. The number of benzene rings is 5. The van der Waals surface area contributed by atoms with Gasteiger partial charge in [0.2, 0.25) is 5.95 Å². The highest BCUT2D eigenvalue weighted by Gasteiger charge is 2.46. The Morgan fingerprint density at radius 1 is 0.588 bits per heavy atom. The van der Waals surface area contributed by atoms with E-state index in [1.165, 1.54) is 49.8 Å². The van der Waals surface area contributed by atoms with Gasteiger partial charge in [-0.05, 0) is 90.2 Å². The molecule has 0 spiro atoms. The first-order chi connectivity index (χ1) is 25.2. The fraction of sp³-hybridized carbons (Fsp3) is 0.0652. The molecule has 8 aromatic rings. The zero-order chi connectivity index (χ0) is 33.9. The molecule has 1 atom stereocenters. The van der Waals surface area contributed by atoms with E-state index in [-0.39, 0.29) is 5.54 Å². The van der Waals surface area contributed by atoms with Gasteiger partial charge in [-0.1, -0.05) is 97.1 Å². The quantitative estimate of drug-likeness (QED) is 0.185. The minimum atomic E-state index is -0.327. The van der Waals surface area contributed by atoms with Crippen LogP contribution in [0.25, 0.3) is 61.0 Å². The summed E-state index contributed by atoms with van der Waals surface area (Å²) in [5, 5.41) is 2.52. The Kier molecular flexibility index (Phi) is 6.61. The fourth-order valence-electron chi connectivity index (χ4n) is 8.02. The summed E-state index contributed by atoms with van der Waals surface area (Å²) < 4.78 is 2.37. The van der Waals surface area contributed by atoms with Gasteiger partial charge in [-0.15, -0.1) is 0 Å². The predicted molar refractivity (Wildman–Crippen MR) is 209 cm³/mol. The van der Waals surface area contributed by atoms with Crippen molar-refractivity contribution in [2.24, 2.45) is 0 Å². The van der Waals surface area contributed by atoms with Gasteiger partial charge in [0.25, 0.3) is 0 Å². The summed E-state index contributed by atoms with van der Waals surface area (Å²) in [5.41, 5.74) is 13.5. The van der Waals surface area contributed by atoms with E-state index in [1.807, 2.05) is 36.8 Å². The van der Waals surface area contributed by atoms with Gasteiger partial charge in [0.1, 0.15) is 0 Å². The number of anilines is 2. The maximum absolute atomic E-state index is 4.97. The number of pyridine rings is 1. The fourth-order valence-corrected chi connectivity index (χ4v) is 8.02. The van der Waals surface area contributed by atoms with Gasteiger partial charge >= 0.3 is 0 Å². The third kappa shape index (κ3) is 4.66. The third-order valence-electron chi connectivity index (χ3n) is 10.6. The molecule has 1 aliphatic carbocycles. The molecule has 0 saturated carbocycles. The van der Waals surface area contributed by atoms with Crippen LogP contribution >= 0.6 is 0 Å². The van der Waals surface area contributed by atoms with E-state index in [2.05, 4.69) is 155 Å². The Hall–Kier alpha value is -6.59. The van der Waals surface area contributed by atoms with E-state index in [0.717, 1.165) is 34.5 Å². The summed E-state index contributed by atoms with van der Waals surface area (Å²) in [7, 11) is 0. The highest BCUT2D eigenvalue weighted by molar-refractivity contribution is 6.11. The van der Waals surface area contributed by atoms with Crippen molar-refractivity contribution in [3.63, 3.8) is 0 Å². The first-order valence-corrected chi connectivity index (χ1v) is 17.4. The monoisotopic (exact) mass is 655 g/mol. The standard InChI is InChI=1S/C46H33N5/c1-46-25-24-34(33-22-23-43-39(27-33)37-13-5-7-16-42(37)50(43)36-11-3-2-4-12-36)28-40(46)38-14-6-8-17-44(38)51(46)45-48-29-35(30-49-45)31-18-20-32(21-19-31)41-15-9-10-26-47-41/h2-24,26-30H,25H2,1H3. The lowest BCUT2D eigenvalue weighted by Crippen LogP contribution is -2.41. The van der Waals surface area contributed by atoms with Gasteiger partial charge in [0.05, 0.1) is 28.0 Å². The average Bonchev–Trinajstić information content (AvgIpc) is 3.67. The van der Waals surface area contributed by atoms with Crippen molar-refractivity contribution >= 4 is 44.6 Å². The van der Waals surface area contributed by atoms with Crippen molar-refractivity contribution in [3.8, 4) is 28.1 Å². The highest BCUT2D eigenvalue weighted by Crippen LogP contribution is 2.54. The van der Waals surface area contributed by atoms with E-state index in [4.69, 9.17) is 9.97 Å². The van der Waals surface area contributed by atoms with E-state index >= 15 is 0 Å². The Labute approximate surface area is 296 Å². The summed E-state index contributed by atoms with van der Waals surface area (Å²) in [6.45, 7) is 2.32. The van der Waals surface area contributed by atoms with Crippen molar-refractivity contribution in [1.82, 2.24) is 19.5 Å². The number of para-hydroxylation sites is 3.